The van der Waals surface area contributed by atoms with Crippen molar-refractivity contribution in [1.29, 1.82) is 0 Å². The predicted molar refractivity (Wildman–Crippen MR) is 84.1 cm³/mol. The Morgan fingerprint density at radius 2 is 1.84 bits per heavy atom. The van der Waals surface area contributed by atoms with Crippen LogP contribution in [0.3, 0.4) is 0 Å². The van der Waals surface area contributed by atoms with Gasteiger partial charge >= 0.3 is 0 Å². The molecule has 0 spiro atoms. The monoisotopic (exact) mass is 330 g/mol. The van der Waals surface area contributed by atoms with Crippen molar-refractivity contribution in [3.63, 3.8) is 0 Å². The minimum absolute atomic E-state index is 0.0816. The second-order valence-electron chi connectivity index (χ2n) is 4.44. The fraction of sp³-hybridized carbons (Fsp3) is 0.0625. The van der Waals surface area contributed by atoms with Crippen molar-refractivity contribution in [3.8, 4) is 0 Å². The molecular formula is C16H11BrOS. The van der Waals surface area contributed by atoms with E-state index in [1.807, 2.05) is 41.8 Å². The van der Waals surface area contributed by atoms with Crippen molar-refractivity contribution >= 4 is 43.8 Å². The van der Waals surface area contributed by atoms with Gasteiger partial charge in [-0.1, -0.05) is 36.4 Å². The van der Waals surface area contributed by atoms with Crippen LogP contribution in [0.2, 0.25) is 0 Å². The quantitative estimate of drug-likeness (QED) is 0.590. The van der Waals surface area contributed by atoms with Gasteiger partial charge < -0.3 is 0 Å². The van der Waals surface area contributed by atoms with E-state index in [2.05, 4.69) is 28.9 Å². The highest BCUT2D eigenvalue weighted by molar-refractivity contribution is 9.11. The van der Waals surface area contributed by atoms with E-state index in [-0.39, 0.29) is 5.78 Å². The van der Waals surface area contributed by atoms with Gasteiger partial charge in [0, 0.05) is 16.5 Å². The maximum atomic E-state index is 12.6. The molecule has 94 valence electrons. The molecule has 0 amide bonds. The number of thiophene rings is 1. The van der Waals surface area contributed by atoms with Crippen molar-refractivity contribution in [1.82, 2.24) is 0 Å². The number of halogens is 1. The fourth-order valence-corrected chi connectivity index (χ4v) is 3.37. The molecular weight excluding hydrogens is 320 g/mol. The number of carbonyl (C=O) groups excluding carboxylic acids is 1. The van der Waals surface area contributed by atoms with Crippen LogP contribution in [0.1, 0.15) is 21.5 Å². The van der Waals surface area contributed by atoms with Gasteiger partial charge in [0.2, 0.25) is 0 Å². The standard InChI is InChI=1S/C16H11BrOS/c1-10-6-7-14(13-5-3-2-4-12(10)13)16(18)11-8-15(17)19-9-11/h2-9H,1H3. The van der Waals surface area contributed by atoms with Crippen LogP contribution in [0.5, 0.6) is 0 Å². The van der Waals surface area contributed by atoms with E-state index in [0.29, 0.717) is 0 Å². The Bertz CT molecular complexity index is 773. The van der Waals surface area contributed by atoms with Crippen molar-refractivity contribution in [3.05, 3.63) is 68.3 Å². The predicted octanol–water partition coefficient (Wildman–Crippen LogP) is 5.20. The molecule has 0 fully saturated rings. The highest BCUT2D eigenvalue weighted by Gasteiger charge is 2.14. The van der Waals surface area contributed by atoms with Gasteiger partial charge in [-0.2, -0.15) is 0 Å². The van der Waals surface area contributed by atoms with Crippen LogP contribution in [0, 0.1) is 6.92 Å². The van der Waals surface area contributed by atoms with Crippen LogP contribution < -0.4 is 0 Å². The Morgan fingerprint density at radius 1 is 1.11 bits per heavy atom. The molecule has 0 unspecified atom stereocenters. The van der Waals surface area contributed by atoms with Gasteiger partial charge in [-0.15, -0.1) is 11.3 Å². The van der Waals surface area contributed by atoms with E-state index in [9.17, 15) is 4.79 Å². The molecule has 0 saturated carbocycles. The molecule has 0 N–H and O–H groups in total. The zero-order valence-electron chi connectivity index (χ0n) is 10.3. The Hall–Kier alpha value is -1.45. The maximum Gasteiger partial charge on any atom is 0.194 e. The van der Waals surface area contributed by atoms with Crippen molar-refractivity contribution < 1.29 is 4.79 Å². The van der Waals surface area contributed by atoms with Gasteiger partial charge in [0.1, 0.15) is 0 Å². The Kier molecular flexibility index (Phi) is 3.25. The minimum atomic E-state index is 0.0816. The molecule has 1 nitrogen and oxygen atoms in total. The molecule has 0 radical (unpaired) electrons. The second kappa shape index (κ2) is 4.91. The summed E-state index contributed by atoms with van der Waals surface area (Å²) in [7, 11) is 0. The Labute approximate surface area is 124 Å². The summed E-state index contributed by atoms with van der Waals surface area (Å²) in [5.74, 6) is 0.0816. The number of hydrogen-bond donors (Lipinski definition) is 0. The van der Waals surface area contributed by atoms with Crippen molar-refractivity contribution in [2.45, 2.75) is 6.92 Å². The van der Waals surface area contributed by atoms with E-state index < -0.39 is 0 Å². The average molecular weight is 331 g/mol. The summed E-state index contributed by atoms with van der Waals surface area (Å²) in [5, 5.41) is 4.05. The number of aryl methyl sites for hydroxylation is 1. The van der Waals surface area contributed by atoms with Crippen molar-refractivity contribution in [2.24, 2.45) is 0 Å². The first kappa shape index (κ1) is 12.6. The molecule has 2 aromatic carbocycles. The number of benzene rings is 2. The molecule has 19 heavy (non-hydrogen) atoms. The summed E-state index contributed by atoms with van der Waals surface area (Å²) < 4.78 is 0.979. The third-order valence-electron chi connectivity index (χ3n) is 3.22. The lowest BCUT2D eigenvalue weighted by atomic mass is 9.96. The van der Waals surface area contributed by atoms with E-state index in [4.69, 9.17) is 0 Å². The van der Waals surface area contributed by atoms with Gasteiger partial charge in [-0.05, 0) is 45.3 Å². The van der Waals surface area contributed by atoms with Gasteiger partial charge in [-0.25, -0.2) is 0 Å². The first-order valence-corrected chi connectivity index (χ1v) is 7.61. The molecule has 0 bridgehead atoms. The van der Waals surface area contributed by atoms with Crippen LogP contribution in [0.15, 0.2) is 51.6 Å². The largest absolute Gasteiger partial charge is 0.289 e. The van der Waals surface area contributed by atoms with Gasteiger partial charge in [0.25, 0.3) is 0 Å². The van der Waals surface area contributed by atoms with Crippen LogP contribution in [-0.2, 0) is 0 Å². The van der Waals surface area contributed by atoms with E-state index in [0.717, 1.165) is 25.7 Å². The lowest BCUT2D eigenvalue weighted by molar-refractivity contribution is 0.104. The molecule has 3 aromatic rings. The van der Waals surface area contributed by atoms with Gasteiger partial charge in [0.05, 0.1) is 3.79 Å². The smallest absolute Gasteiger partial charge is 0.194 e. The Balaban J connectivity index is 2.21. The number of rotatable bonds is 2. The first-order chi connectivity index (χ1) is 9.16. The molecule has 0 aliphatic heterocycles. The third kappa shape index (κ3) is 2.24. The number of carbonyl (C=O) groups is 1. The highest BCUT2D eigenvalue weighted by atomic mass is 79.9. The zero-order chi connectivity index (χ0) is 13.4. The molecule has 3 rings (SSSR count). The highest BCUT2D eigenvalue weighted by Crippen LogP contribution is 2.27. The summed E-state index contributed by atoms with van der Waals surface area (Å²) in [6, 6.07) is 13.9. The summed E-state index contributed by atoms with van der Waals surface area (Å²) in [4.78, 5) is 12.6. The van der Waals surface area contributed by atoms with E-state index in [1.165, 1.54) is 16.9 Å². The lowest BCUT2D eigenvalue weighted by Crippen LogP contribution is -2.01. The maximum absolute atomic E-state index is 12.6. The van der Waals surface area contributed by atoms with E-state index in [1.54, 1.807) is 0 Å². The summed E-state index contributed by atoms with van der Waals surface area (Å²) in [6.45, 7) is 2.07. The molecule has 0 aliphatic rings. The minimum Gasteiger partial charge on any atom is -0.289 e. The SMILES string of the molecule is Cc1ccc(C(=O)c2csc(Br)c2)c2ccccc12. The molecule has 0 atom stereocenters. The summed E-state index contributed by atoms with van der Waals surface area (Å²) in [6.07, 6.45) is 0. The summed E-state index contributed by atoms with van der Waals surface area (Å²) in [5.41, 5.74) is 2.70. The third-order valence-corrected chi connectivity index (χ3v) is 4.72. The topological polar surface area (TPSA) is 17.1 Å². The van der Waals surface area contributed by atoms with Gasteiger partial charge in [-0.3, -0.25) is 4.79 Å². The van der Waals surface area contributed by atoms with E-state index >= 15 is 0 Å². The van der Waals surface area contributed by atoms with Gasteiger partial charge in [0.15, 0.2) is 5.78 Å². The number of fused-ring (bicyclic) bond motifs is 1. The fourth-order valence-electron chi connectivity index (χ4n) is 2.23. The lowest BCUT2D eigenvalue weighted by Gasteiger charge is -2.07. The van der Waals surface area contributed by atoms with Crippen LogP contribution >= 0.6 is 27.3 Å². The zero-order valence-corrected chi connectivity index (χ0v) is 12.7. The molecule has 3 heteroatoms. The first-order valence-electron chi connectivity index (χ1n) is 5.94. The molecule has 0 aliphatic carbocycles. The van der Waals surface area contributed by atoms with Crippen LogP contribution in [0.25, 0.3) is 10.8 Å². The summed E-state index contributed by atoms with van der Waals surface area (Å²) >= 11 is 4.93. The molecule has 0 saturated heterocycles. The average Bonchev–Trinajstić information content (AvgIpc) is 2.86. The van der Waals surface area contributed by atoms with Crippen LogP contribution in [-0.4, -0.2) is 5.78 Å². The van der Waals surface area contributed by atoms with Crippen molar-refractivity contribution in [2.75, 3.05) is 0 Å². The number of hydrogen-bond acceptors (Lipinski definition) is 2. The number of ketones is 1. The second-order valence-corrected chi connectivity index (χ2v) is 6.73. The molecule has 1 heterocycles. The van der Waals surface area contributed by atoms with Crippen LogP contribution in [0.4, 0.5) is 0 Å². The molecule has 1 aromatic heterocycles. The Morgan fingerprint density at radius 3 is 2.53 bits per heavy atom. The normalized spacial score (nSPS) is 10.8.